The Kier molecular flexibility index (Phi) is 7.88. The summed E-state index contributed by atoms with van der Waals surface area (Å²) in [4.78, 5) is 4.60. The average Bonchev–Trinajstić information content (AvgIpc) is 3.20. The summed E-state index contributed by atoms with van der Waals surface area (Å²) in [6.07, 6.45) is 10.8. The van der Waals surface area contributed by atoms with Gasteiger partial charge in [0, 0.05) is 45.2 Å². The van der Waals surface area contributed by atoms with Crippen LogP contribution in [0, 0.1) is 0 Å². The molecule has 0 spiro atoms. The maximum atomic E-state index is 5.86. The summed E-state index contributed by atoms with van der Waals surface area (Å²) in [6.45, 7) is 6.43. The summed E-state index contributed by atoms with van der Waals surface area (Å²) in [7, 11) is 0. The first-order valence-corrected chi connectivity index (χ1v) is 8.63. The van der Waals surface area contributed by atoms with E-state index in [0.717, 1.165) is 45.2 Å². The van der Waals surface area contributed by atoms with E-state index in [-0.39, 0.29) is 0 Å². The first kappa shape index (κ1) is 16.9. The standard InChI is InChI=1S/C17H30N4O/c1-2-18-17(20-11-14-21-12-5-6-13-21)19-10-7-15-22-16-8-3-4-9-16/h5-6,12-13,16H,2-4,7-11,14-15H2,1H3,(H2,18,19,20). The van der Waals surface area contributed by atoms with Gasteiger partial charge in [-0.3, -0.25) is 4.99 Å². The smallest absolute Gasteiger partial charge is 0.191 e. The Morgan fingerprint density at radius 3 is 2.73 bits per heavy atom. The highest BCUT2D eigenvalue weighted by molar-refractivity contribution is 5.79. The lowest BCUT2D eigenvalue weighted by Gasteiger charge is -2.12. The van der Waals surface area contributed by atoms with E-state index in [4.69, 9.17) is 4.74 Å². The lowest BCUT2D eigenvalue weighted by molar-refractivity contribution is 0.0579. The summed E-state index contributed by atoms with van der Waals surface area (Å²) >= 11 is 0. The molecule has 0 aliphatic heterocycles. The number of ether oxygens (including phenoxy) is 1. The molecular weight excluding hydrogens is 276 g/mol. The number of aliphatic imine (C=N–C) groups is 1. The van der Waals surface area contributed by atoms with Crippen LogP contribution in [0.25, 0.3) is 0 Å². The molecular formula is C17H30N4O. The molecule has 0 radical (unpaired) electrons. The number of aromatic nitrogens is 1. The summed E-state index contributed by atoms with van der Waals surface area (Å²) in [5.41, 5.74) is 0. The Hall–Kier alpha value is -1.49. The van der Waals surface area contributed by atoms with Gasteiger partial charge < -0.3 is 19.9 Å². The van der Waals surface area contributed by atoms with Gasteiger partial charge in [0.05, 0.1) is 6.10 Å². The molecule has 22 heavy (non-hydrogen) atoms. The molecule has 1 saturated carbocycles. The van der Waals surface area contributed by atoms with Gasteiger partial charge in [-0.15, -0.1) is 0 Å². The van der Waals surface area contributed by atoms with Crippen LogP contribution in [0.15, 0.2) is 29.5 Å². The van der Waals surface area contributed by atoms with Crippen LogP contribution in [-0.2, 0) is 11.3 Å². The predicted molar refractivity (Wildman–Crippen MR) is 91.2 cm³/mol. The fraction of sp³-hybridized carbons (Fsp3) is 0.706. The van der Waals surface area contributed by atoms with Gasteiger partial charge in [0.2, 0.25) is 0 Å². The molecule has 1 fully saturated rings. The fourth-order valence-electron chi connectivity index (χ4n) is 2.72. The number of hydrogen-bond acceptors (Lipinski definition) is 2. The minimum Gasteiger partial charge on any atom is -0.378 e. The zero-order valence-electron chi connectivity index (χ0n) is 13.8. The van der Waals surface area contributed by atoms with Gasteiger partial charge in [0.1, 0.15) is 0 Å². The second kappa shape index (κ2) is 10.3. The molecule has 5 nitrogen and oxygen atoms in total. The summed E-state index contributed by atoms with van der Waals surface area (Å²) in [6, 6.07) is 4.09. The van der Waals surface area contributed by atoms with Crippen molar-refractivity contribution in [2.75, 3.05) is 26.2 Å². The lowest BCUT2D eigenvalue weighted by Crippen LogP contribution is -2.38. The third kappa shape index (κ3) is 6.52. The first-order chi connectivity index (χ1) is 10.9. The Balaban J connectivity index is 1.58. The highest BCUT2D eigenvalue weighted by Crippen LogP contribution is 2.20. The molecule has 0 amide bonds. The maximum Gasteiger partial charge on any atom is 0.191 e. The van der Waals surface area contributed by atoms with Gasteiger partial charge in [-0.2, -0.15) is 0 Å². The highest BCUT2D eigenvalue weighted by atomic mass is 16.5. The molecule has 0 unspecified atom stereocenters. The number of nitrogens with zero attached hydrogens (tertiary/aromatic N) is 2. The molecule has 1 heterocycles. The Labute approximate surface area is 134 Å². The number of hydrogen-bond donors (Lipinski definition) is 2. The SMILES string of the molecule is CCNC(=NCCCOC1CCCC1)NCCn1cccc1. The Morgan fingerprint density at radius 2 is 2.00 bits per heavy atom. The van der Waals surface area contributed by atoms with Crippen molar-refractivity contribution in [2.24, 2.45) is 4.99 Å². The van der Waals surface area contributed by atoms with Crippen molar-refractivity contribution in [3.05, 3.63) is 24.5 Å². The van der Waals surface area contributed by atoms with Crippen molar-refractivity contribution in [2.45, 2.75) is 51.7 Å². The van der Waals surface area contributed by atoms with E-state index >= 15 is 0 Å². The van der Waals surface area contributed by atoms with E-state index in [0.29, 0.717) is 6.10 Å². The largest absolute Gasteiger partial charge is 0.378 e. The zero-order valence-corrected chi connectivity index (χ0v) is 13.8. The van der Waals surface area contributed by atoms with Gasteiger partial charge in [0.15, 0.2) is 5.96 Å². The minimum atomic E-state index is 0.511. The summed E-state index contributed by atoms with van der Waals surface area (Å²) < 4.78 is 8.02. The molecule has 2 N–H and O–H groups in total. The molecule has 0 aromatic carbocycles. The summed E-state index contributed by atoms with van der Waals surface area (Å²) in [5.74, 6) is 0.899. The molecule has 124 valence electrons. The van der Waals surface area contributed by atoms with E-state index < -0.39 is 0 Å². The molecule has 2 rings (SSSR count). The Bertz CT molecular complexity index is 410. The van der Waals surface area contributed by atoms with Crippen molar-refractivity contribution in [1.29, 1.82) is 0 Å². The predicted octanol–water partition coefficient (Wildman–Crippen LogP) is 2.39. The molecule has 0 bridgehead atoms. The second-order valence-corrected chi connectivity index (χ2v) is 5.74. The molecule has 1 aromatic heterocycles. The minimum absolute atomic E-state index is 0.511. The van der Waals surface area contributed by atoms with E-state index in [1.807, 2.05) is 12.1 Å². The van der Waals surface area contributed by atoms with Crippen LogP contribution in [0.3, 0.4) is 0 Å². The summed E-state index contributed by atoms with van der Waals surface area (Å²) in [5, 5.41) is 6.65. The molecule has 1 aromatic rings. The normalized spacial score (nSPS) is 16.1. The maximum absolute atomic E-state index is 5.86. The van der Waals surface area contributed by atoms with Crippen LogP contribution < -0.4 is 10.6 Å². The molecule has 0 saturated heterocycles. The topological polar surface area (TPSA) is 50.6 Å². The van der Waals surface area contributed by atoms with Gasteiger partial charge in [-0.05, 0) is 38.3 Å². The van der Waals surface area contributed by atoms with E-state index in [1.165, 1.54) is 25.7 Å². The van der Waals surface area contributed by atoms with Crippen molar-refractivity contribution < 1.29 is 4.74 Å². The molecule has 1 aliphatic carbocycles. The van der Waals surface area contributed by atoms with Crippen molar-refractivity contribution in [3.8, 4) is 0 Å². The van der Waals surface area contributed by atoms with Crippen LogP contribution in [0.4, 0.5) is 0 Å². The van der Waals surface area contributed by atoms with Gasteiger partial charge in [-0.25, -0.2) is 0 Å². The molecule has 5 heteroatoms. The lowest BCUT2D eigenvalue weighted by atomic mass is 10.3. The molecule has 0 atom stereocenters. The van der Waals surface area contributed by atoms with Crippen molar-refractivity contribution in [1.82, 2.24) is 15.2 Å². The van der Waals surface area contributed by atoms with Gasteiger partial charge >= 0.3 is 0 Å². The van der Waals surface area contributed by atoms with Crippen molar-refractivity contribution >= 4 is 5.96 Å². The van der Waals surface area contributed by atoms with E-state index in [9.17, 15) is 0 Å². The molecule has 1 aliphatic rings. The second-order valence-electron chi connectivity index (χ2n) is 5.74. The zero-order chi connectivity index (χ0) is 15.5. The van der Waals surface area contributed by atoms with E-state index in [2.05, 4.69) is 39.5 Å². The average molecular weight is 306 g/mol. The third-order valence-corrected chi connectivity index (χ3v) is 3.90. The third-order valence-electron chi connectivity index (χ3n) is 3.90. The fourth-order valence-corrected chi connectivity index (χ4v) is 2.72. The van der Waals surface area contributed by atoms with Crippen LogP contribution in [0.1, 0.15) is 39.0 Å². The van der Waals surface area contributed by atoms with Crippen LogP contribution in [0.2, 0.25) is 0 Å². The van der Waals surface area contributed by atoms with Crippen LogP contribution in [-0.4, -0.2) is 42.9 Å². The number of nitrogens with one attached hydrogen (secondary N) is 2. The quantitative estimate of drug-likeness (QED) is 0.418. The highest BCUT2D eigenvalue weighted by Gasteiger charge is 2.14. The monoisotopic (exact) mass is 306 g/mol. The number of guanidine groups is 1. The van der Waals surface area contributed by atoms with Crippen LogP contribution in [0.5, 0.6) is 0 Å². The van der Waals surface area contributed by atoms with Gasteiger partial charge in [-0.1, -0.05) is 12.8 Å². The van der Waals surface area contributed by atoms with Crippen molar-refractivity contribution in [3.63, 3.8) is 0 Å². The van der Waals surface area contributed by atoms with E-state index in [1.54, 1.807) is 0 Å². The van der Waals surface area contributed by atoms with Crippen LogP contribution >= 0.6 is 0 Å². The van der Waals surface area contributed by atoms with Gasteiger partial charge in [0.25, 0.3) is 0 Å². The number of rotatable bonds is 9. The Morgan fingerprint density at radius 1 is 1.23 bits per heavy atom. The first-order valence-electron chi connectivity index (χ1n) is 8.63.